The fourth-order valence-electron chi connectivity index (χ4n) is 2.94. The van der Waals surface area contributed by atoms with Gasteiger partial charge >= 0.3 is 0 Å². The van der Waals surface area contributed by atoms with Gasteiger partial charge in [0.05, 0.1) is 12.2 Å². The van der Waals surface area contributed by atoms with Crippen molar-refractivity contribution in [2.75, 3.05) is 18.5 Å². The van der Waals surface area contributed by atoms with Crippen molar-refractivity contribution >= 4 is 23.3 Å². The van der Waals surface area contributed by atoms with Gasteiger partial charge in [-0.1, -0.05) is 36.4 Å². The summed E-state index contributed by atoms with van der Waals surface area (Å²) in [6.07, 6.45) is 2.28. The molecule has 0 bridgehead atoms. The fraction of sp³-hybridized carbons (Fsp3) is 0.227. The van der Waals surface area contributed by atoms with Crippen LogP contribution in [0.1, 0.15) is 12.8 Å². The maximum absolute atomic E-state index is 5.87. The highest BCUT2D eigenvalue weighted by Crippen LogP contribution is 2.27. The number of anilines is 1. The lowest BCUT2D eigenvalue weighted by Gasteiger charge is -2.14. The van der Waals surface area contributed by atoms with Gasteiger partial charge in [-0.15, -0.1) is 0 Å². The van der Waals surface area contributed by atoms with Gasteiger partial charge in [-0.3, -0.25) is 0 Å². The van der Waals surface area contributed by atoms with Crippen LogP contribution in [0.25, 0.3) is 0 Å². The first kappa shape index (κ1) is 20.1. The molecule has 1 aliphatic rings. The quantitative estimate of drug-likeness (QED) is 0.538. The third kappa shape index (κ3) is 5.88. The molecule has 0 aliphatic carbocycles. The lowest BCUT2D eigenvalue weighted by atomic mass is 10.2. The Balaban J connectivity index is 1.49. The predicted octanol–water partition coefficient (Wildman–Crippen LogP) is 4.53. The minimum Gasteiger partial charge on any atom is -0.439 e. The molecule has 2 aromatic carbocycles. The van der Waals surface area contributed by atoms with Crippen molar-refractivity contribution < 1.29 is 14.2 Å². The molecule has 7 nitrogen and oxygen atoms in total. The molecule has 0 radical (unpaired) electrons. The van der Waals surface area contributed by atoms with E-state index < -0.39 is 0 Å². The molecule has 0 spiro atoms. The van der Waals surface area contributed by atoms with Crippen molar-refractivity contribution in [1.82, 2.24) is 15.3 Å². The van der Waals surface area contributed by atoms with Gasteiger partial charge in [0.15, 0.2) is 5.11 Å². The normalized spacial score (nSPS) is 15.4. The second kappa shape index (κ2) is 10.00. The summed E-state index contributed by atoms with van der Waals surface area (Å²) in [6.45, 7) is 1.44. The Labute approximate surface area is 180 Å². The van der Waals surface area contributed by atoms with E-state index in [1.807, 2.05) is 60.7 Å². The summed E-state index contributed by atoms with van der Waals surface area (Å²) >= 11 is 5.38. The van der Waals surface area contributed by atoms with Crippen molar-refractivity contribution in [3.05, 3.63) is 66.7 Å². The van der Waals surface area contributed by atoms with Gasteiger partial charge in [-0.2, -0.15) is 9.97 Å². The number of aromatic nitrogens is 2. The minimum atomic E-state index is 0.176. The molecule has 8 heteroatoms. The molecule has 154 valence electrons. The topological polar surface area (TPSA) is 77.5 Å². The van der Waals surface area contributed by atoms with Crippen LogP contribution in [0.15, 0.2) is 66.7 Å². The van der Waals surface area contributed by atoms with Crippen LogP contribution in [-0.2, 0) is 4.74 Å². The number of hydrogen-bond acceptors (Lipinski definition) is 6. The summed E-state index contributed by atoms with van der Waals surface area (Å²) in [4.78, 5) is 8.81. The van der Waals surface area contributed by atoms with E-state index in [-0.39, 0.29) is 12.1 Å². The summed E-state index contributed by atoms with van der Waals surface area (Å²) in [7, 11) is 0. The molecule has 0 amide bonds. The Bertz CT molecular complexity index is 907. The molecule has 1 aromatic heterocycles. The molecule has 4 rings (SSSR count). The van der Waals surface area contributed by atoms with E-state index in [0.29, 0.717) is 34.9 Å². The zero-order chi connectivity index (χ0) is 20.6. The Morgan fingerprint density at radius 3 is 2.10 bits per heavy atom. The molecule has 2 heterocycles. The monoisotopic (exact) mass is 422 g/mol. The molecular formula is C22H22N4O3S. The van der Waals surface area contributed by atoms with E-state index in [4.69, 9.17) is 26.4 Å². The lowest BCUT2D eigenvalue weighted by Crippen LogP contribution is -2.35. The predicted molar refractivity (Wildman–Crippen MR) is 118 cm³/mol. The molecule has 0 unspecified atom stereocenters. The highest BCUT2D eigenvalue weighted by molar-refractivity contribution is 7.80. The van der Waals surface area contributed by atoms with Gasteiger partial charge in [0.2, 0.25) is 17.7 Å². The van der Waals surface area contributed by atoms with E-state index in [0.717, 1.165) is 19.4 Å². The Hall–Kier alpha value is -3.23. The van der Waals surface area contributed by atoms with Gasteiger partial charge < -0.3 is 24.8 Å². The maximum Gasteiger partial charge on any atom is 0.235 e. The number of ether oxygens (including phenoxy) is 3. The van der Waals surface area contributed by atoms with Crippen LogP contribution in [0.5, 0.6) is 23.3 Å². The largest absolute Gasteiger partial charge is 0.439 e. The molecule has 3 aromatic rings. The summed E-state index contributed by atoms with van der Waals surface area (Å²) in [5.41, 5.74) is 0. The van der Waals surface area contributed by atoms with Crippen molar-refractivity contribution in [3.63, 3.8) is 0 Å². The number of nitrogens with zero attached hydrogens (tertiary/aromatic N) is 2. The van der Waals surface area contributed by atoms with Crippen LogP contribution in [0.2, 0.25) is 0 Å². The zero-order valence-corrected chi connectivity index (χ0v) is 17.1. The van der Waals surface area contributed by atoms with Crippen molar-refractivity contribution in [2.24, 2.45) is 0 Å². The first-order chi connectivity index (χ1) is 14.7. The van der Waals surface area contributed by atoms with Gasteiger partial charge in [0.25, 0.3) is 0 Å². The first-order valence-corrected chi connectivity index (χ1v) is 10.2. The van der Waals surface area contributed by atoms with Crippen LogP contribution in [0.4, 0.5) is 5.95 Å². The van der Waals surface area contributed by atoms with E-state index in [1.54, 1.807) is 6.07 Å². The second-order valence-electron chi connectivity index (χ2n) is 6.67. The molecule has 30 heavy (non-hydrogen) atoms. The Morgan fingerprint density at radius 2 is 1.57 bits per heavy atom. The third-order valence-electron chi connectivity index (χ3n) is 4.35. The number of thiocarbonyl (C=S) groups is 1. The Morgan fingerprint density at radius 1 is 0.967 bits per heavy atom. The molecular weight excluding hydrogens is 400 g/mol. The standard InChI is InChI=1S/C22H22N4O3S/c30-22(23-15-18-12-7-13-27-18)26-21-24-19(28-16-8-3-1-4-9-16)14-20(25-21)29-17-10-5-2-6-11-17/h1-6,8-11,14,18H,7,12-13,15H2,(H2,23,24,25,26,30)/t18-/m1/s1. The highest BCUT2D eigenvalue weighted by atomic mass is 32.1. The number of nitrogens with one attached hydrogen (secondary N) is 2. The Kier molecular flexibility index (Phi) is 6.68. The summed E-state index contributed by atoms with van der Waals surface area (Å²) in [5, 5.41) is 6.56. The number of benzene rings is 2. The van der Waals surface area contributed by atoms with Gasteiger partial charge in [0, 0.05) is 13.2 Å². The van der Waals surface area contributed by atoms with E-state index in [2.05, 4.69) is 20.6 Å². The summed E-state index contributed by atoms with van der Waals surface area (Å²) in [6, 6.07) is 20.4. The van der Waals surface area contributed by atoms with E-state index in [9.17, 15) is 0 Å². The average Bonchev–Trinajstić information content (AvgIpc) is 3.27. The fourth-order valence-corrected chi connectivity index (χ4v) is 3.12. The van der Waals surface area contributed by atoms with Gasteiger partial charge in [-0.25, -0.2) is 0 Å². The first-order valence-electron chi connectivity index (χ1n) is 9.76. The van der Waals surface area contributed by atoms with Crippen LogP contribution < -0.4 is 20.1 Å². The van der Waals surface area contributed by atoms with E-state index in [1.165, 1.54) is 0 Å². The van der Waals surface area contributed by atoms with Crippen LogP contribution in [0, 0.1) is 0 Å². The second-order valence-corrected chi connectivity index (χ2v) is 7.08. The molecule has 1 atom stereocenters. The van der Waals surface area contributed by atoms with Crippen molar-refractivity contribution in [3.8, 4) is 23.3 Å². The number of hydrogen-bond donors (Lipinski definition) is 2. The van der Waals surface area contributed by atoms with Crippen LogP contribution in [-0.4, -0.2) is 34.3 Å². The SMILES string of the molecule is S=C(NC[C@H]1CCCO1)Nc1nc(Oc2ccccc2)cc(Oc2ccccc2)n1. The number of para-hydroxylation sites is 2. The molecule has 0 saturated carbocycles. The van der Waals surface area contributed by atoms with Gasteiger partial charge in [-0.05, 0) is 49.3 Å². The molecule has 1 saturated heterocycles. The third-order valence-corrected chi connectivity index (χ3v) is 4.60. The number of rotatable bonds is 7. The minimum absolute atomic E-state index is 0.176. The lowest BCUT2D eigenvalue weighted by molar-refractivity contribution is 0.114. The van der Waals surface area contributed by atoms with Crippen molar-refractivity contribution in [2.45, 2.75) is 18.9 Å². The smallest absolute Gasteiger partial charge is 0.235 e. The van der Waals surface area contributed by atoms with E-state index >= 15 is 0 Å². The average molecular weight is 423 g/mol. The van der Waals surface area contributed by atoms with Crippen LogP contribution >= 0.6 is 12.2 Å². The maximum atomic E-state index is 5.87. The zero-order valence-electron chi connectivity index (χ0n) is 16.3. The van der Waals surface area contributed by atoms with Crippen molar-refractivity contribution in [1.29, 1.82) is 0 Å². The summed E-state index contributed by atoms with van der Waals surface area (Å²) < 4.78 is 17.3. The van der Waals surface area contributed by atoms with Gasteiger partial charge in [0.1, 0.15) is 11.5 Å². The highest BCUT2D eigenvalue weighted by Gasteiger charge is 2.16. The summed E-state index contributed by atoms with van der Waals surface area (Å²) in [5.74, 6) is 2.27. The van der Waals surface area contributed by atoms with Crippen LogP contribution in [0.3, 0.4) is 0 Å². The molecule has 2 N–H and O–H groups in total. The molecule has 1 fully saturated rings. The molecule has 1 aliphatic heterocycles.